The number of carbonyl (C=O) groups is 1. The molecule has 5 nitrogen and oxygen atoms in total. The normalized spacial score (nSPS) is 29.9. The van der Waals surface area contributed by atoms with Gasteiger partial charge in [0.15, 0.2) is 0 Å². The molecule has 1 saturated carbocycles. The molecule has 150 valence electrons. The number of nitrogens with zero attached hydrogens (tertiary/aromatic N) is 4. The summed E-state index contributed by atoms with van der Waals surface area (Å²) in [6.07, 6.45) is 13.9. The molecule has 4 rings (SSSR count). The maximum absolute atomic E-state index is 11.6. The van der Waals surface area contributed by atoms with E-state index in [0.29, 0.717) is 17.7 Å². The Balaban J connectivity index is 1.20. The second-order valence-corrected chi connectivity index (χ2v) is 9.15. The number of carbonyl (C=O) groups excluding carboxylic acids is 1. The summed E-state index contributed by atoms with van der Waals surface area (Å²) in [5.41, 5.74) is 1.27. The summed E-state index contributed by atoms with van der Waals surface area (Å²) in [5, 5.41) is 4.53. The molecule has 2 saturated heterocycles. The second kappa shape index (κ2) is 8.44. The monoisotopic (exact) mass is 372 g/mol. The predicted octanol–water partition coefficient (Wildman–Crippen LogP) is 3.44. The number of rotatable bonds is 4. The Bertz CT molecular complexity index is 618. The van der Waals surface area contributed by atoms with Crippen molar-refractivity contribution in [2.45, 2.75) is 83.3 Å². The first-order valence-corrected chi connectivity index (χ1v) is 11.1. The largest absolute Gasteiger partial charge is 0.300 e. The molecule has 3 fully saturated rings. The zero-order chi connectivity index (χ0) is 18.8. The number of piperidine rings is 2. The molecule has 2 aliphatic heterocycles. The van der Waals surface area contributed by atoms with Crippen LogP contribution < -0.4 is 0 Å². The quantitative estimate of drug-likeness (QED) is 0.812. The molecule has 3 heterocycles. The van der Waals surface area contributed by atoms with Crippen LogP contribution in [-0.4, -0.2) is 63.6 Å². The molecule has 1 aromatic heterocycles. The summed E-state index contributed by atoms with van der Waals surface area (Å²) < 4.78 is 2.19. The van der Waals surface area contributed by atoms with Gasteiger partial charge in [0.1, 0.15) is 5.78 Å². The molecule has 1 aromatic rings. The molecule has 27 heavy (non-hydrogen) atoms. The minimum absolute atomic E-state index is 0.346. The van der Waals surface area contributed by atoms with E-state index < -0.39 is 0 Å². The first kappa shape index (κ1) is 19.1. The van der Waals surface area contributed by atoms with Gasteiger partial charge in [-0.1, -0.05) is 0 Å². The maximum Gasteiger partial charge on any atom is 0.132 e. The van der Waals surface area contributed by atoms with Gasteiger partial charge in [0.2, 0.25) is 0 Å². The molecule has 3 aliphatic rings. The van der Waals surface area contributed by atoms with E-state index in [-0.39, 0.29) is 0 Å². The van der Waals surface area contributed by atoms with Crippen LogP contribution >= 0.6 is 0 Å². The highest BCUT2D eigenvalue weighted by Gasteiger charge is 2.33. The van der Waals surface area contributed by atoms with Crippen LogP contribution in [-0.2, 0) is 4.79 Å². The van der Waals surface area contributed by atoms with Crippen molar-refractivity contribution >= 4 is 5.78 Å². The topological polar surface area (TPSA) is 41.4 Å². The van der Waals surface area contributed by atoms with E-state index in [2.05, 4.69) is 32.7 Å². The number of Topliss-reactive ketones (excluding diaryl/α,β-unsaturated/α-hetero) is 1. The summed E-state index contributed by atoms with van der Waals surface area (Å²) in [6, 6.07) is 2.09. The van der Waals surface area contributed by atoms with Crippen molar-refractivity contribution in [1.82, 2.24) is 19.6 Å². The molecule has 5 heteroatoms. The summed E-state index contributed by atoms with van der Waals surface area (Å²) in [6.45, 7) is 8.83. The lowest BCUT2D eigenvalue weighted by molar-refractivity contribution is -0.122. The Morgan fingerprint density at radius 1 is 0.852 bits per heavy atom. The Labute approximate surface area is 164 Å². The van der Waals surface area contributed by atoms with Gasteiger partial charge in [0, 0.05) is 37.3 Å². The molecule has 1 aliphatic carbocycles. The maximum atomic E-state index is 11.6. The second-order valence-electron chi connectivity index (χ2n) is 9.15. The number of likely N-dealkylation sites (tertiary alicyclic amines) is 2. The van der Waals surface area contributed by atoms with E-state index in [1.165, 1.54) is 70.3 Å². The molecule has 0 spiro atoms. The number of ketones is 1. The van der Waals surface area contributed by atoms with Crippen LogP contribution in [0.15, 0.2) is 12.4 Å². The number of aryl methyl sites for hydroxylation is 1. The van der Waals surface area contributed by atoms with Crippen molar-refractivity contribution in [3.05, 3.63) is 18.0 Å². The van der Waals surface area contributed by atoms with Crippen molar-refractivity contribution in [2.24, 2.45) is 5.92 Å². The first-order chi connectivity index (χ1) is 13.1. The van der Waals surface area contributed by atoms with Crippen LogP contribution in [0.4, 0.5) is 0 Å². The van der Waals surface area contributed by atoms with E-state index >= 15 is 0 Å². The fourth-order valence-electron chi connectivity index (χ4n) is 5.61. The van der Waals surface area contributed by atoms with Gasteiger partial charge >= 0.3 is 0 Å². The lowest BCUT2D eigenvalue weighted by atomic mass is 9.82. The molecule has 0 amide bonds. The minimum Gasteiger partial charge on any atom is -0.300 e. The van der Waals surface area contributed by atoms with Crippen molar-refractivity contribution in [3.63, 3.8) is 0 Å². The molecular formula is C22H36N4O. The molecule has 0 unspecified atom stereocenters. The minimum atomic E-state index is 0.346. The molecule has 0 radical (unpaired) electrons. The zero-order valence-corrected chi connectivity index (χ0v) is 17.1. The van der Waals surface area contributed by atoms with Gasteiger partial charge < -0.3 is 9.80 Å². The fourth-order valence-corrected chi connectivity index (χ4v) is 5.61. The smallest absolute Gasteiger partial charge is 0.132 e. The summed E-state index contributed by atoms with van der Waals surface area (Å²) in [5.74, 6) is 0.750. The Hall–Kier alpha value is -1.20. The fraction of sp³-hybridized carbons (Fsp3) is 0.818. The van der Waals surface area contributed by atoms with Crippen molar-refractivity contribution in [3.8, 4) is 0 Å². The Morgan fingerprint density at radius 2 is 1.37 bits per heavy atom. The van der Waals surface area contributed by atoms with Crippen LogP contribution in [0.1, 0.15) is 69.9 Å². The lowest BCUT2D eigenvalue weighted by Gasteiger charge is -2.45. The third-order valence-electron chi connectivity index (χ3n) is 7.41. The lowest BCUT2D eigenvalue weighted by Crippen LogP contribution is -2.50. The SMILES string of the molecule is CC(=O)C1CCC(N2CCC(N3CCC(n4cc(C)cn4)CC3)CC2)CC1. The van der Waals surface area contributed by atoms with Gasteiger partial charge in [-0.15, -0.1) is 0 Å². The van der Waals surface area contributed by atoms with Crippen LogP contribution in [0, 0.1) is 12.8 Å². The summed E-state index contributed by atoms with van der Waals surface area (Å²) >= 11 is 0. The number of hydrogen-bond acceptors (Lipinski definition) is 4. The molecular weight excluding hydrogens is 336 g/mol. The highest BCUT2D eigenvalue weighted by Crippen LogP contribution is 2.31. The van der Waals surface area contributed by atoms with E-state index in [0.717, 1.165) is 24.9 Å². The van der Waals surface area contributed by atoms with Crippen LogP contribution in [0.25, 0.3) is 0 Å². The van der Waals surface area contributed by atoms with E-state index in [1.807, 2.05) is 6.20 Å². The summed E-state index contributed by atoms with van der Waals surface area (Å²) in [7, 11) is 0. The number of hydrogen-bond donors (Lipinski definition) is 0. The highest BCUT2D eigenvalue weighted by atomic mass is 16.1. The van der Waals surface area contributed by atoms with Crippen molar-refractivity contribution in [2.75, 3.05) is 26.2 Å². The average Bonchev–Trinajstić information content (AvgIpc) is 3.15. The van der Waals surface area contributed by atoms with Crippen molar-refractivity contribution < 1.29 is 4.79 Å². The van der Waals surface area contributed by atoms with Gasteiger partial charge in [-0.2, -0.15) is 5.10 Å². The van der Waals surface area contributed by atoms with E-state index in [9.17, 15) is 4.79 Å². The van der Waals surface area contributed by atoms with Gasteiger partial charge in [0.25, 0.3) is 0 Å². The highest BCUT2D eigenvalue weighted by molar-refractivity contribution is 5.78. The third-order valence-corrected chi connectivity index (χ3v) is 7.41. The zero-order valence-electron chi connectivity index (χ0n) is 17.1. The van der Waals surface area contributed by atoms with E-state index in [1.54, 1.807) is 6.92 Å². The predicted molar refractivity (Wildman–Crippen MR) is 108 cm³/mol. The average molecular weight is 373 g/mol. The molecule has 0 atom stereocenters. The van der Waals surface area contributed by atoms with Crippen LogP contribution in [0.2, 0.25) is 0 Å². The van der Waals surface area contributed by atoms with Crippen LogP contribution in [0.3, 0.4) is 0 Å². The third kappa shape index (κ3) is 4.45. The van der Waals surface area contributed by atoms with Crippen molar-refractivity contribution in [1.29, 1.82) is 0 Å². The molecule has 0 N–H and O–H groups in total. The van der Waals surface area contributed by atoms with E-state index in [4.69, 9.17) is 0 Å². The number of aromatic nitrogens is 2. The molecule has 0 bridgehead atoms. The first-order valence-electron chi connectivity index (χ1n) is 11.1. The Morgan fingerprint density at radius 3 is 1.85 bits per heavy atom. The van der Waals surface area contributed by atoms with Gasteiger partial charge in [-0.3, -0.25) is 9.48 Å². The van der Waals surface area contributed by atoms with Gasteiger partial charge in [0.05, 0.1) is 12.2 Å². The Kier molecular flexibility index (Phi) is 5.98. The van der Waals surface area contributed by atoms with Gasteiger partial charge in [-0.05, 0) is 83.9 Å². The molecule has 0 aromatic carbocycles. The summed E-state index contributed by atoms with van der Waals surface area (Å²) in [4.78, 5) is 17.1. The standard InChI is InChI=1S/C22H36N4O/c1-17-15-23-26(16-17)22-9-13-25(14-10-22)21-7-11-24(12-8-21)20-5-3-19(4-6-20)18(2)27/h15-16,19-22H,3-14H2,1-2H3. The van der Waals surface area contributed by atoms with Crippen LogP contribution in [0.5, 0.6) is 0 Å². The van der Waals surface area contributed by atoms with Gasteiger partial charge in [-0.25, -0.2) is 0 Å².